The molecule has 1 aliphatic heterocycles. The first kappa shape index (κ1) is 21.9. The smallest absolute Gasteiger partial charge is 0.274 e. The van der Waals surface area contributed by atoms with E-state index in [4.69, 9.17) is 0 Å². The zero-order valence-electron chi connectivity index (χ0n) is 18.8. The number of likely N-dealkylation sites (tertiary alicyclic amines) is 1. The van der Waals surface area contributed by atoms with Gasteiger partial charge in [-0.1, -0.05) is 55.0 Å². The Morgan fingerprint density at radius 2 is 1.91 bits per heavy atom. The van der Waals surface area contributed by atoms with Crippen molar-refractivity contribution in [2.24, 2.45) is 5.92 Å². The van der Waals surface area contributed by atoms with Gasteiger partial charge in [-0.15, -0.1) is 10.2 Å². The van der Waals surface area contributed by atoms with Gasteiger partial charge >= 0.3 is 0 Å². The number of amides is 1. The van der Waals surface area contributed by atoms with Crippen molar-refractivity contribution in [1.82, 2.24) is 25.4 Å². The molecule has 4 rings (SSSR count). The Kier molecular flexibility index (Phi) is 6.46. The third kappa shape index (κ3) is 4.94. The van der Waals surface area contributed by atoms with E-state index in [1.54, 1.807) is 0 Å². The van der Waals surface area contributed by atoms with Crippen LogP contribution in [0.15, 0.2) is 53.3 Å². The van der Waals surface area contributed by atoms with E-state index in [1.165, 1.54) is 5.56 Å². The number of rotatable bonds is 6. The van der Waals surface area contributed by atoms with Crippen LogP contribution in [-0.4, -0.2) is 39.1 Å². The van der Waals surface area contributed by atoms with Crippen LogP contribution in [-0.2, 0) is 13.1 Å². The first-order valence-corrected chi connectivity index (χ1v) is 11.0. The van der Waals surface area contributed by atoms with Gasteiger partial charge < -0.3 is 10.3 Å². The number of carbonyl (C=O) groups is 1. The number of nitrogens with one attached hydrogen (secondary N) is 2. The Hall–Kier alpha value is -3.32. The van der Waals surface area contributed by atoms with Crippen LogP contribution in [0, 0.1) is 19.8 Å². The van der Waals surface area contributed by atoms with Crippen LogP contribution >= 0.6 is 0 Å². The topological polar surface area (TPSA) is 91.0 Å². The second kappa shape index (κ2) is 9.44. The molecule has 0 aliphatic carbocycles. The summed E-state index contributed by atoms with van der Waals surface area (Å²) >= 11 is 0. The lowest BCUT2D eigenvalue weighted by Gasteiger charge is -2.15. The van der Waals surface area contributed by atoms with Crippen LogP contribution in [0.5, 0.6) is 0 Å². The van der Waals surface area contributed by atoms with Crippen molar-refractivity contribution >= 4 is 5.91 Å². The molecule has 0 bridgehead atoms. The molecule has 3 aromatic rings. The molecule has 1 saturated heterocycles. The molecule has 0 radical (unpaired) electrons. The summed E-state index contributed by atoms with van der Waals surface area (Å²) in [6.45, 7) is 8.68. The van der Waals surface area contributed by atoms with E-state index in [0.717, 1.165) is 30.8 Å². The lowest BCUT2D eigenvalue weighted by Crippen LogP contribution is -2.30. The summed E-state index contributed by atoms with van der Waals surface area (Å²) in [5.74, 6) is 0.871. The number of nitrogens with zero attached hydrogens (tertiary/aromatic N) is 3. The summed E-state index contributed by atoms with van der Waals surface area (Å²) in [6.07, 6.45) is 0. The van der Waals surface area contributed by atoms with Crippen molar-refractivity contribution < 1.29 is 4.79 Å². The quantitative estimate of drug-likeness (QED) is 0.626. The Labute approximate surface area is 187 Å². The largest absolute Gasteiger partial charge is 0.346 e. The average molecular weight is 432 g/mol. The fourth-order valence-corrected chi connectivity index (χ4v) is 4.29. The summed E-state index contributed by atoms with van der Waals surface area (Å²) in [5, 5.41) is 11.2. The maximum atomic E-state index is 12.6. The average Bonchev–Trinajstić information content (AvgIpc) is 3.14. The van der Waals surface area contributed by atoms with Crippen LogP contribution in [0.3, 0.4) is 0 Å². The van der Waals surface area contributed by atoms with Gasteiger partial charge in [-0.2, -0.15) is 0 Å². The van der Waals surface area contributed by atoms with Crippen LogP contribution < -0.4 is 10.9 Å². The first-order valence-electron chi connectivity index (χ1n) is 11.0. The van der Waals surface area contributed by atoms with Crippen molar-refractivity contribution in [3.63, 3.8) is 0 Å². The molecule has 0 spiro atoms. The molecule has 7 heteroatoms. The molecule has 2 N–H and O–H groups in total. The first-order chi connectivity index (χ1) is 15.4. The van der Waals surface area contributed by atoms with Crippen LogP contribution in [0.1, 0.15) is 51.4 Å². The number of H-pyrrole nitrogens is 1. The zero-order chi connectivity index (χ0) is 22.7. The summed E-state index contributed by atoms with van der Waals surface area (Å²) < 4.78 is 0. The molecule has 2 heterocycles. The molecule has 0 saturated carbocycles. The lowest BCUT2D eigenvalue weighted by atomic mass is 9.97. The minimum atomic E-state index is -0.301. The van der Waals surface area contributed by atoms with Crippen LogP contribution in [0.25, 0.3) is 0 Å². The van der Waals surface area contributed by atoms with Crippen LogP contribution in [0.2, 0.25) is 0 Å². The predicted octanol–water partition coefficient (Wildman–Crippen LogP) is 2.95. The molecular formula is C25H29N5O2. The molecule has 2 unspecified atom stereocenters. The molecule has 7 nitrogen and oxygen atoms in total. The minimum Gasteiger partial charge on any atom is -0.346 e. The van der Waals surface area contributed by atoms with Gasteiger partial charge in [-0.05, 0) is 37.0 Å². The van der Waals surface area contributed by atoms with Gasteiger partial charge in [0.15, 0.2) is 0 Å². The standard InChI is InChI=1S/C25H29N5O2/c1-16-9-10-17(2)20(11-16)24(31)26-12-22-25(32)27-23(29-28-22)21-15-30(13-18(21)3)14-19-7-5-4-6-8-19/h4-11,18,21H,12-15H2,1-3H3,(H,26,31)(H,27,29,32). The SMILES string of the molecule is Cc1ccc(C)c(C(=O)NCc2nnc(C3CN(Cc4ccccc4)CC3C)[nH]c2=O)c1. The maximum absolute atomic E-state index is 12.6. The Morgan fingerprint density at radius 3 is 2.66 bits per heavy atom. The van der Waals surface area contributed by atoms with E-state index in [9.17, 15) is 9.59 Å². The monoisotopic (exact) mass is 431 g/mol. The van der Waals surface area contributed by atoms with E-state index < -0.39 is 0 Å². The molecular weight excluding hydrogens is 402 g/mol. The van der Waals surface area contributed by atoms with E-state index in [2.05, 4.69) is 44.5 Å². The predicted molar refractivity (Wildman–Crippen MR) is 123 cm³/mol. The van der Waals surface area contributed by atoms with E-state index >= 15 is 0 Å². The highest BCUT2D eigenvalue weighted by atomic mass is 16.2. The third-order valence-corrected chi connectivity index (χ3v) is 6.12. The summed E-state index contributed by atoms with van der Waals surface area (Å²) in [7, 11) is 0. The highest BCUT2D eigenvalue weighted by Crippen LogP contribution is 2.30. The van der Waals surface area contributed by atoms with Crippen molar-refractivity contribution in [2.45, 2.75) is 39.8 Å². The number of aryl methyl sites for hydroxylation is 2. The van der Waals surface area contributed by atoms with Gasteiger partial charge in [0.05, 0.1) is 6.54 Å². The van der Waals surface area contributed by atoms with Gasteiger partial charge in [-0.3, -0.25) is 14.5 Å². The summed E-state index contributed by atoms with van der Waals surface area (Å²) in [4.78, 5) is 30.4. The second-order valence-electron chi connectivity index (χ2n) is 8.75. The summed E-state index contributed by atoms with van der Waals surface area (Å²) in [5.41, 5.74) is 3.68. The van der Waals surface area contributed by atoms with Crippen molar-refractivity contribution in [1.29, 1.82) is 0 Å². The Balaban J connectivity index is 1.40. The molecule has 1 fully saturated rings. The normalized spacial score (nSPS) is 18.6. The maximum Gasteiger partial charge on any atom is 0.274 e. The third-order valence-electron chi connectivity index (χ3n) is 6.12. The highest BCUT2D eigenvalue weighted by Gasteiger charge is 2.32. The number of aromatic amines is 1. The number of hydrogen-bond donors (Lipinski definition) is 2. The molecule has 1 amide bonds. The number of aromatic nitrogens is 3. The molecule has 32 heavy (non-hydrogen) atoms. The van der Waals surface area contributed by atoms with Crippen molar-refractivity contribution in [2.75, 3.05) is 13.1 Å². The van der Waals surface area contributed by atoms with Crippen LogP contribution in [0.4, 0.5) is 0 Å². The number of hydrogen-bond acceptors (Lipinski definition) is 5. The second-order valence-corrected chi connectivity index (χ2v) is 8.75. The fraction of sp³-hybridized carbons (Fsp3) is 0.360. The Bertz CT molecular complexity index is 1160. The van der Waals surface area contributed by atoms with Gasteiger partial charge in [0.1, 0.15) is 11.5 Å². The fourth-order valence-electron chi connectivity index (χ4n) is 4.29. The summed E-state index contributed by atoms with van der Waals surface area (Å²) in [6, 6.07) is 16.1. The van der Waals surface area contributed by atoms with Crippen molar-refractivity contribution in [3.05, 3.63) is 92.7 Å². The molecule has 2 atom stereocenters. The van der Waals surface area contributed by atoms with E-state index in [1.807, 2.05) is 50.2 Å². The van der Waals surface area contributed by atoms with Gasteiger partial charge in [0.2, 0.25) is 0 Å². The molecule has 2 aromatic carbocycles. The van der Waals surface area contributed by atoms with Gasteiger partial charge in [0.25, 0.3) is 11.5 Å². The van der Waals surface area contributed by atoms with E-state index in [0.29, 0.717) is 17.3 Å². The van der Waals surface area contributed by atoms with Gasteiger partial charge in [0, 0.05) is 31.1 Å². The zero-order valence-corrected chi connectivity index (χ0v) is 18.8. The van der Waals surface area contributed by atoms with Gasteiger partial charge in [-0.25, -0.2) is 0 Å². The minimum absolute atomic E-state index is 0.0369. The highest BCUT2D eigenvalue weighted by molar-refractivity contribution is 5.95. The number of benzene rings is 2. The lowest BCUT2D eigenvalue weighted by molar-refractivity contribution is 0.0949. The molecule has 166 valence electrons. The molecule has 1 aromatic heterocycles. The Morgan fingerprint density at radius 1 is 1.12 bits per heavy atom. The number of carbonyl (C=O) groups excluding carboxylic acids is 1. The van der Waals surface area contributed by atoms with E-state index in [-0.39, 0.29) is 29.6 Å². The molecule has 1 aliphatic rings. The van der Waals surface area contributed by atoms with Crippen molar-refractivity contribution in [3.8, 4) is 0 Å².